The van der Waals surface area contributed by atoms with Gasteiger partial charge in [-0.2, -0.15) is 0 Å². The van der Waals surface area contributed by atoms with Crippen molar-refractivity contribution in [1.29, 1.82) is 0 Å². The van der Waals surface area contributed by atoms with Crippen LogP contribution in [0.1, 0.15) is 56.4 Å². The maximum atomic E-state index is 13.2. The Labute approximate surface area is 253 Å². The van der Waals surface area contributed by atoms with Crippen molar-refractivity contribution in [2.75, 3.05) is 13.6 Å². The van der Waals surface area contributed by atoms with E-state index in [0.29, 0.717) is 24.9 Å². The first-order chi connectivity index (χ1) is 20.5. The molecular weight excluding hydrogens is 574 g/mol. The number of aliphatic carboxylic acids is 1. The Morgan fingerprint density at radius 3 is 2.52 bits per heavy atom. The number of carboxylic acid groups (broad SMARTS) is 1. The summed E-state index contributed by atoms with van der Waals surface area (Å²) in [7, 11) is 1.95. The van der Waals surface area contributed by atoms with Crippen LogP contribution >= 0.6 is 0 Å². The van der Waals surface area contributed by atoms with Gasteiger partial charge in [-0.1, -0.05) is 43.8 Å². The van der Waals surface area contributed by atoms with Gasteiger partial charge in [-0.05, 0) is 44.1 Å². The van der Waals surface area contributed by atoms with E-state index in [1.165, 1.54) is 12.1 Å². The molecule has 6 atom stereocenters. The highest BCUT2D eigenvalue weighted by atomic mass is 16.6. The molecule has 3 N–H and O–H groups in total. The van der Waals surface area contributed by atoms with Crippen LogP contribution in [0.15, 0.2) is 54.3 Å². The second kappa shape index (κ2) is 11.3. The smallest absolute Gasteiger partial charge is 0.349 e. The standard InChI is InChI=1S/C31H31NO11.CH4/c1-16(33)40-21(29(38)43-25(28(36)37)17-6-4-3-5-7-17)15-23(35)41-20-10-11-31(39)22-14-18-8-9-19(34)26-24(18)30(31,27(20)42-26)12-13-32(22)2;/h3-10,21-22,25,27,34,39H,11-15H2,1-2H3,(H,36,37);1H4/t21-,22+,25-,27-,30-,31+;/m0./s1. The Morgan fingerprint density at radius 2 is 1.84 bits per heavy atom. The van der Waals surface area contributed by atoms with Gasteiger partial charge in [0, 0.05) is 30.5 Å². The Hall–Kier alpha value is -4.42. The highest BCUT2D eigenvalue weighted by Crippen LogP contribution is 2.65. The van der Waals surface area contributed by atoms with Crippen molar-refractivity contribution in [3.63, 3.8) is 0 Å². The van der Waals surface area contributed by atoms with Gasteiger partial charge in [-0.15, -0.1) is 0 Å². The summed E-state index contributed by atoms with van der Waals surface area (Å²) in [4.78, 5) is 52.0. The highest BCUT2D eigenvalue weighted by Gasteiger charge is 2.72. The maximum absolute atomic E-state index is 13.2. The van der Waals surface area contributed by atoms with Gasteiger partial charge in [0.1, 0.15) is 5.76 Å². The molecular formula is C32H35NO11. The lowest BCUT2D eigenvalue weighted by Crippen LogP contribution is -2.74. The Kier molecular flexibility index (Phi) is 7.93. The monoisotopic (exact) mass is 609 g/mol. The Morgan fingerprint density at radius 1 is 1.11 bits per heavy atom. The minimum Gasteiger partial charge on any atom is -0.504 e. The fourth-order valence-electron chi connectivity index (χ4n) is 7.22. The van der Waals surface area contributed by atoms with Gasteiger partial charge >= 0.3 is 23.9 Å². The molecule has 1 saturated heterocycles. The number of phenols is 1. The van der Waals surface area contributed by atoms with E-state index >= 15 is 0 Å². The van der Waals surface area contributed by atoms with Crippen molar-refractivity contribution in [3.8, 4) is 11.5 Å². The predicted molar refractivity (Wildman–Crippen MR) is 152 cm³/mol. The predicted octanol–water partition coefficient (Wildman–Crippen LogP) is 2.54. The second-order valence-corrected chi connectivity index (χ2v) is 11.4. The van der Waals surface area contributed by atoms with Crippen molar-refractivity contribution in [2.24, 2.45) is 0 Å². The first-order valence-corrected chi connectivity index (χ1v) is 14.0. The third-order valence-electron chi connectivity index (χ3n) is 9.07. The van der Waals surface area contributed by atoms with Gasteiger partial charge in [0.15, 0.2) is 17.6 Å². The molecule has 2 heterocycles. The third-order valence-corrected chi connectivity index (χ3v) is 9.07. The van der Waals surface area contributed by atoms with E-state index in [1.807, 2.05) is 13.1 Å². The topological polar surface area (TPSA) is 169 Å². The Balaban J connectivity index is 0.00000384. The summed E-state index contributed by atoms with van der Waals surface area (Å²) in [5.74, 6) is -4.28. The maximum Gasteiger partial charge on any atom is 0.349 e. The summed E-state index contributed by atoms with van der Waals surface area (Å²) in [6, 6.07) is 10.9. The summed E-state index contributed by atoms with van der Waals surface area (Å²) in [5, 5.41) is 32.5. The molecule has 2 aliphatic heterocycles. The number of piperidine rings is 1. The van der Waals surface area contributed by atoms with E-state index in [-0.39, 0.29) is 42.7 Å². The first kappa shape index (κ1) is 31.0. The summed E-state index contributed by atoms with van der Waals surface area (Å²) in [6.07, 6.45) is -2.44. The number of ether oxygens (including phenoxy) is 4. The number of aliphatic hydroxyl groups is 1. The van der Waals surface area contributed by atoms with Gasteiger partial charge in [-0.3, -0.25) is 9.59 Å². The lowest BCUT2D eigenvalue weighted by molar-refractivity contribution is -0.180. The van der Waals surface area contributed by atoms with Crippen molar-refractivity contribution in [3.05, 3.63) is 71.0 Å². The van der Waals surface area contributed by atoms with E-state index < -0.39 is 59.6 Å². The lowest BCUT2D eigenvalue weighted by Gasteiger charge is -2.61. The van der Waals surface area contributed by atoms with Gasteiger partial charge in [0.2, 0.25) is 12.2 Å². The number of carbonyl (C=O) groups excluding carboxylic acids is 3. The number of likely N-dealkylation sites (N-methyl/N-ethyl adjacent to an activating group) is 1. The van der Waals surface area contributed by atoms with Crippen LogP contribution in [0.5, 0.6) is 11.5 Å². The molecule has 0 unspecified atom stereocenters. The molecule has 234 valence electrons. The fourth-order valence-corrected chi connectivity index (χ4v) is 7.22. The van der Waals surface area contributed by atoms with Crippen LogP contribution in [0.2, 0.25) is 0 Å². The second-order valence-electron chi connectivity index (χ2n) is 11.4. The summed E-state index contributed by atoms with van der Waals surface area (Å²) >= 11 is 0. The zero-order valence-electron chi connectivity index (χ0n) is 23.5. The van der Waals surface area contributed by atoms with E-state index in [9.17, 15) is 34.5 Å². The Bertz CT molecular complexity index is 1540. The molecule has 12 nitrogen and oxygen atoms in total. The number of carbonyl (C=O) groups is 4. The quantitative estimate of drug-likeness (QED) is 0.296. The molecule has 0 amide bonds. The lowest BCUT2D eigenvalue weighted by atomic mass is 9.50. The number of aromatic hydroxyl groups is 1. The van der Waals surface area contributed by atoms with Gasteiger partial charge in [-0.25, -0.2) is 9.59 Å². The average Bonchev–Trinajstić information content (AvgIpc) is 3.32. The molecule has 4 aliphatic rings. The number of benzene rings is 2. The summed E-state index contributed by atoms with van der Waals surface area (Å²) in [6.45, 7) is 1.67. The number of nitrogens with zero attached hydrogens (tertiary/aromatic N) is 1. The minimum atomic E-state index is -1.78. The van der Waals surface area contributed by atoms with Crippen molar-refractivity contribution in [1.82, 2.24) is 4.90 Å². The molecule has 2 bridgehead atoms. The first-order valence-electron chi connectivity index (χ1n) is 14.0. The van der Waals surface area contributed by atoms with E-state index in [0.717, 1.165) is 12.5 Å². The van der Waals surface area contributed by atoms with Gasteiger partial charge in [0.25, 0.3) is 0 Å². The van der Waals surface area contributed by atoms with Crippen molar-refractivity contribution in [2.45, 2.75) is 75.4 Å². The molecule has 0 aromatic heterocycles. The van der Waals surface area contributed by atoms with E-state index in [1.54, 1.807) is 30.3 Å². The van der Waals surface area contributed by atoms with Crippen LogP contribution in [-0.2, 0) is 45.2 Å². The molecule has 12 heteroatoms. The molecule has 6 rings (SSSR count). The molecule has 2 aromatic rings. The molecule has 1 spiro atoms. The SMILES string of the molecule is C.CC(=O)O[C@@H](CC(=O)OC1=CC[C@@]2(O)[C@H]3Cc4ccc(O)c5c4[C@@]2(CCN3C)[C@H]1O5)C(=O)O[C@H](C(=O)O)c1ccccc1. The largest absolute Gasteiger partial charge is 0.504 e. The minimum absolute atomic E-state index is 0. The van der Waals surface area contributed by atoms with Crippen LogP contribution in [0.3, 0.4) is 0 Å². The highest BCUT2D eigenvalue weighted by molar-refractivity contribution is 5.86. The molecule has 0 radical (unpaired) electrons. The average molecular weight is 610 g/mol. The zero-order chi connectivity index (χ0) is 30.7. The van der Waals surface area contributed by atoms with E-state index in [4.69, 9.17) is 18.9 Å². The molecule has 44 heavy (non-hydrogen) atoms. The van der Waals surface area contributed by atoms with Crippen molar-refractivity contribution >= 4 is 23.9 Å². The van der Waals surface area contributed by atoms with Crippen LogP contribution < -0.4 is 4.74 Å². The number of esters is 3. The fraction of sp³-hybridized carbons (Fsp3) is 0.438. The number of rotatable bonds is 8. The van der Waals surface area contributed by atoms with E-state index in [2.05, 4.69) is 4.90 Å². The molecule has 1 fully saturated rings. The molecule has 2 aromatic carbocycles. The van der Waals surface area contributed by atoms with Crippen LogP contribution in [0, 0.1) is 0 Å². The number of carboxylic acids is 1. The van der Waals surface area contributed by atoms with Crippen LogP contribution in [-0.4, -0.2) is 81.5 Å². The number of phenolic OH excluding ortho intramolecular Hbond substituents is 1. The number of hydrogen-bond donors (Lipinski definition) is 3. The number of hydrogen-bond acceptors (Lipinski definition) is 11. The van der Waals surface area contributed by atoms with Crippen LogP contribution in [0.25, 0.3) is 0 Å². The number of likely N-dealkylation sites (tertiary alicyclic amines) is 1. The normalized spacial score (nSPS) is 27.3. The van der Waals surface area contributed by atoms with Gasteiger partial charge in [0.05, 0.1) is 17.4 Å². The van der Waals surface area contributed by atoms with Crippen molar-refractivity contribution < 1.29 is 53.4 Å². The van der Waals surface area contributed by atoms with Crippen LogP contribution in [0.4, 0.5) is 0 Å². The summed E-state index contributed by atoms with van der Waals surface area (Å²) < 4.78 is 22.2. The van der Waals surface area contributed by atoms with Gasteiger partial charge < -0.3 is 39.2 Å². The summed E-state index contributed by atoms with van der Waals surface area (Å²) in [5.41, 5.74) is -0.424. The molecule has 0 saturated carbocycles. The third kappa shape index (κ3) is 4.69. The zero-order valence-corrected chi connectivity index (χ0v) is 23.5. The molecule has 2 aliphatic carbocycles.